The minimum Gasteiger partial charge on any atom is -0.356 e. The topological polar surface area (TPSA) is 32.3 Å². The highest BCUT2D eigenvalue weighted by molar-refractivity contribution is 5.75. The molecule has 0 aromatic heterocycles. The molecule has 3 nitrogen and oxygen atoms in total. The van der Waals surface area contributed by atoms with Gasteiger partial charge in [-0.15, -0.1) is 0 Å². The van der Waals surface area contributed by atoms with Crippen molar-refractivity contribution in [3.8, 4) is 0 Å². The lowest BCUT2D eigenvalue weighted by molar-refractivity contribution is -0.120. The van der Waals surface area contributed by atoms with E-state index in [4.69, 9.17) is 0 Å². The molecule has 1 N–H and O–H groups in total. The van der Waals surface area contributed by atoms with Crippen LogP contribution < -0.4 is 5.32 Å². The van der Waals surface area contributed by atoms with Crippen molar-refractivity contribution in [2.75, 3.05) is 26.2 Å². The first kappa shape index (κ1) is 10.5. The van der Waals surface area contributed by atoms with Crippen LogP contribution in [0.15, 0.2) is 0 Å². The maximum atomic E-state index is 10.9. The van der Waals surface area contributed by atoms with Crippen molar-refractivity contribution < 1.29 is 6.22 Å². The molecule has 0 atom stereocenters. The van der Waals surface area contributed by atoms with Gasteiger partial charge in [0.15, 0.2) is 0 Å². The summed E-state index contributed by atoms with van der Waals surface area (Å²) in [5, 5.41) is 2.89. The number of likely N-dealkylation sites (tertiary alicyclic amines) is 1. The van der Waals surface area contributed by atoms with Gasteiger partial charge in [0.2, 0.25) is 5.91 Å². The summed E-state index contributed by atoms with van der Waals surface area (Å²) in [5.74, 6) is 0.168. The summed E-state index contributed by atoms with van der Waals surface area (Å²) in [6, 6.07) is 0. The number of amides is 1. The molecule has 1 saturated heterocycles. The zero-order valence-electron chi connectivity index (χ0n) is 8.51. The first-order chi connectivity index (χ1) is 6.33. The van der Waals surface area contributed by atoms with Gasteiger partial charge >= 0.3 is 0 Å². The third-order valence-corrected chi connectivity index (χ3v) is 2.49. The smallest absolute Gasteiger partial charge is 0.219 e. The fourth-order valence-electron chi connectivity index (χ4n) is 1.66. The molecule has 1 fully saturated rings. The SMILES string of the molecule is CCC(=O)NCCCN1CCCC1.[HH]. The van der Waals surface area contributed by atoms with E-state index in [1.54, 1.807) is 0 Å². The minimum absolute atomic E-state index is 0. The molecule has 0 aromatic rings. The van der Waals surface area contributed by atoms with E-state index in [9.17, 15) is 4.79 Å². The van der Waals surface area contributed by atoms with Crippen LogP contribution in [0.3, 0.4) is 0 Å². The molecule has 78 valence electrons. The molecule has 0 bridgehead atoms. The van der Waals surface area contributed by atoms with Gasteiger partial charge in [-0.05, 0) is 38.9 Å². The molecular formula is C10H22N2O. The molecule has 1 amide bonds. The summed E-state index contributed by atoms with van der Waals surface area (Å²) in [6.07, 6.45) is 4.39. The maximum Gasteiger partial charge on any atom is 0.219 e. The monoisotopic (exact) mass is 186 g/mol. The Bertz CT molecular complexity index is 158. The minimum atomic E-state index is 0. The molecule has 0 radical (unpaired) electrons. The van der Waals surface area contributed by atoms with E-state index in [1.165, 1.54) is 25.9 Å². The predicted molar refractivity (Wildman–Crippen MR) is 55.7 cm³/mol. The van der Waals surface area contributed by atoms with Crippen molar-refractivity contribution in [2.24, 2.45) is 0 Å². The highest BCUT2D eigenvalue weighted by atomic mass is 16.1. The molecule has 1 heterocycles. The molecule has 0 aromatic carbocycles. The Kier molecular flexibility index (Phi) is 4.83. The van der Waals surface area contributed by atoms with Gasteiger partial charge in [0.1, 0.15) is 0 Å². The summed E-state index contributed by atoms with van der Waals surface area (Å²) >= 11 is 0. The van der Waals surface area contributed by atoms with Crippen molar-refractivity contribution in [2.45, 2.75) is 32.6 Å². The van der Waals surface area contributed by atoms with E-state index in [-0.39, 0.29) is 7.33 Å². The number of carbonyl (C=O) groups excluding carboxylic acids is 1. The van der Waals surface area contributed by atoms with E-state index in [0.717, 1.165) is 19.5 Å². The van der Waals surface area contributed by atoms with Gasteiger partial charge < -0.3 is 10.2 Å². The maximum absolute atomic E-state index is 10.9. The van der Waals surface area contributed by atoms with Crippen LogP contribution in [-0.4, -0.2) is 37.0 Å². The van der Waals surface area contributed by atoms with E-state index in [1.807, 2.05) is 6.92 Å². The Morgan fingerprint density at radius 3 is 2.77 bits per heavy atom. The normalized spacial score (nSPS) is 17.6. The molecular weight excluding hydrogens is 164 g/mol. The molecule has 3 heteroatoms. The molecule has 1 rings (SSSR count). The average Bonchev–Trinajstić information content (AvgIpc) is 2.64. The summed E-state index contributed by atoms with van der Waals surface area (Å²) in [6.45, 7) is 6.37. The summed E-state index contributed by atoms with van der Waals surface area (Å²) in [7, 11) is 0. The van der Waals surface area contributed by atoms with Crippen LogP contribution in [0.25, 0.3) is 0 Å². The second kappa shape index (κ2) is 5.97. The third-order valence-electron chi connectivity index (χ3n) is 2.49. The Hall–Kier alpha value is -0.570. The van der Waals surface area contributed by atoms with Gasteiger partial charge in [-0.3, -0.25) is 4.79 Å². The number of carbonyl (C=O) groups is 1. The van der Waals surface area contributed by atoms with Crippen LogP contribution in [0.4, 0.5) is 0 Å². The molecule has 13 heavy (non-hydrogen) atoms. The number of nitrogens with zero attached hydrogens (tertiary/aromatic N) is 1. The second-order valence-electron chi connectivity index (χ2n) is 3.61. The van der Waals surface area contributed by atoms with Gasteiger partial charge in [0, 0.05) is 14.4 Å². The van der Waals surface area contributed by atoms with E-state index < -0.39 is 0 Å². The highest BCUT2D eigenvalue weighted by Gasteiger charge is 2.09. The van der Waals surface area contributed by atoms with E-state index in [0.29, 0.717) is 6.42 Å². The summed E-state index contributed by atoms with van der Waals surface area (Å²) < 4.78 is 0. The van der Waals surface area contributed by atoms with Crippen LogP contribution in [0.2, 0.25) is 0 Å². The molecule has 1 aliphatic rings. The van der Waals surface area contributed by atoms with Crippen molar-refractivity contribution in [3.05, 3.63) is 0 Å². The number of nitrogens with one attached hydrogen (secondary N) is 1. The Morgan fingerprint density at radius 2 is 2.15 bits per heavy atom. The number of hydrogen-bond acceptors (Lipinski definition) is 2. The van der Waals surface area contributed by atoms with Gasteiger partial charge in [0.25, 0.3) is 0 Å². The predicted octanol–water partition coefficient (Wildman–Crippen LogP) is 1.24. The number of rotatable bonds is 5. The average molecular weight is 186 g/mol. The summed E-state index contributed by atoms with van der Waals surface area (Å²) in [5.41, 5.74) is 0. The lowest BCUT2D eigenvalue weighted by Crippen LogP contribution is -2.28. The van der Waals surface area contributed by atoms with Crippen LogP contribution in [0, 0.1) is 0 Å². The molecule has 0 spiro atoms. The van der Waals surface area contributed by atoms with Gasteiger partial charge in [-0.2, -0.15) is 0 Å². The van der Waals surface area contributed by atoms with Crippen LogP contribution in [-0.2, 0) is 4.79 Å². The van der Waals surface area contributed by atoms with Crippen LogP contribution in [0.1, 0.15) is 34.0 Å². The van der Waals surface area contributed by atoms with Gasteiger partial charge in [0.05, 0.1) is 0 Å². The second-order valence-corrected chi connectivity index (χ2v) is 3.61. The Morgan fingerprint density at radius 1 is 1.46 bits per heavy atom. The van der Waals surface area contributed by atoms with Crippen molar-refractivity contribution >= 4 is 5.91 Å². The van der Waals surface area contributed by atoms with Crippen molar-refractivity contribution in [3.63, 3.8) is 0 Å². The zero-order valence-corrected chi connectivity index (χ0v) is 8.51. The molecule has 1 aliphatic heterocycles. The largest absolute Gasteiger partial charge is 0.356 e. The fourth-order valence-corrected chi connectivity index (χ4v) is 1.66. The van der Waals surface area contributed by atoms with Gasteiger partial charge in [-0.25, -0.2) is 0 Å². The lowest BCUT2D eigenvalue weighted by atomic mass is 10.3. The Labute approximate surface area is 82.0 Å². The lowest BCUT2D eigenvalue weighted by Gasteiger charge is -2.13. The zero-order chi connectivity index (χ0) is 9.52. The first-order valence-corrected chi connectivity index (χ1v) is 5.32. The van der Waals surface area contributed by atoms with E-state index >= 15 is 0 Å². The van der Waals surface area contributed by atoms with E-state index in [2.05, 4.69) is 10.2 Å². The summed E-state index contributed by atoms with van der Waals surface area (Å²) in [4.78, 5) is 13.4. The Balaban J connectivity index is 0.00000169. The van der Waals surface area contributed by atoms with Crippen molar-refractivity contribution in [1.82, 2.24) is 10.2 Å². The molecule has 0 unspecified atom stereocenters. The number of hydrogen-bond donors (Lipinski definition) is 1. The van der Waals surface area contributed by atoms with Crippen molar-refractivity contribution in [1.29, 1.82) is 0 Å². The molecule has 0 aliphatic carbocycles. The fraction of sp³-hybridized carbons (Fsp3) is 0.900. The highest BCUT2D eigenvalue weighted by Crippen LogP contribution is 2.06. The van der Waals surface area contributed by atoms with Gasteiger partial charge in [-0.1, -0.05) is 6.92 Å². The van der Waals surface area contributed by atoms with Crippen LogP contribution in [0.5, 0.6) is 0 Å². The quantitative estimate of drug-likeness (QED) is 0.655. The molecule has 0 saturated carbocycles. The first-order valence-electron chi connectivity index (χ1n) is 5.32. The van der Waals surface area contributed by atoms with Crippen LogP contribution >= 0.6 is 0 Å². The third kappa shape index (κ3) is 4.27. The standard InChI is InChI=1S/C10H20N2O.H2/c1-2-10(13)11-6-5-9-12-7-3-4-8-12;/h2-9H2,1H3,(H,11,13);1H.